The highest BCUT2D eigenvalue weighted by molar-refractivity contribution is 8.14. The first-order chi connectivity index (χ1) is 38.0. The van der Waals surface area contributed by atoms with Crippen LogP contribution in [0.2, 0.25) is 0 Å². The number of cyclic esters (lactones) is 1. The topological polar surface area (TPSA) is 343 Å². The second kappa shape index (κ2) is 23.1. The minimum Gasteiger partial charge on any atom is -0.506 e. The van der Waals surface area contributed by atoms with E-state index in [4.69, 9.17) is 14.7 Å². The van der Waals surface area contributed by atoms with E-state index in [9.17, 15) is 48.9 Å². The van der Waals surface area contributed by atoms with Crippen molar-refractivity contribution >= 4 is 126 Å². The summed E-state index contributed by atoms with van der Waals surface area (Å²) in [6.45, 7) is 4.06. The number of carbonyl (C=O) groups excluding carboxylic acids is 7. The maximum atomic E-state index is 14.2. The van der Waals surface area contributed by atoms with Crippen molar-refractivity contribution < 1.29 is 53.6 Å². The molecular weight excluding hydrogens is 1140 g/mol. The predicted octanol–water partition coefficient (Wildman–Crippen LogP) is 5.56. The third kappa shape index (κ3) is 11.4. The molecule has 5 unspecified atom stereocenters. The average Bonchev–Trinajstić information content (AvgIpc) is 4.49. The number of hydrogen-bond acceptors (Lipinski definition) is 24. The minimum absolute atomic E-state index is 0.0000179. The van der Waals surface area contributed by atoms with Gasteiger partial charge in [-0.3, -0.25) is 34.1 Å². The lowest BCUT2D eigenvalue weighted by Crippen LogP contribution is -2.52. The molecular formula is C50H44N12O11S6. The number of benzene rings is 1. The zero-order valence-corrected chi connectivity index (χ0v) is 46.6. The van der Waals surface area contributed by atoms with E-state index in [-0.39, 0.29) is 107 Å². The molecule has 12 bridgehead atoms. The summed E-state index contributed by atoms with van der Waals surface area (Å²) in [5.74, 6) is -4.71. The molecule has 5 atom stereocenters. The van der Waals surface area contributed by atoms with Gasteiger partial charge in [-0.2, -0.15) is 0 Å². The number of H-pyrrole nitrogens is 1. The molecule has 29 heteroatoms. The Hall–Kier alpha value is -7.48. The number of fused-ring (bicyclic) bond motifs is 14. The van der Waals surface area contributed by atoms with E-state index in [1.54, 1.807) is 37.4 Å². The van der Waals surface area contributed by atoms with Crippen molar-refractivity contribution in [3.05, 3.63) is 112 Å². The number of aliphatic hydroxyl groups excluding tert-OH is 2. The summed E-state index contributed by atoms with van der Waals surface area (Å²) >= 11 is 6.20. The molecule has 9 N–H and O–H groups in total. The molecule has 2 aliphatic heterocycles. The summed E-state index contributed by atoms with van der Waals surface area (Å²) in [4.78, 5) is 127. The van der Waals surface area contributed by atoms with Crippen LogP contribution >= 0.6 is 68.4 Å². The van der Waals surface area contributed by atoms with Crippen molar-refractivity contribution in [2.45, 2.75) is 64.1 Å². The summed E-state index contributed by atoms with van der Waals surface area (Å²) in [6.07, 6.45) is -2.18. The number of thiazole rings is 5. The standard InChI is InChI=1S/C50H44N12O11S6/c1-5-23-45-59-29(17-77-45)41(68)55-25-10-33(65)49(71)73-12-21-7-6-8-24-35(21)19(2)36(53-24)50(72)79-18-31(52-11-34(66)26-13-75-46(25)56-26)47-57-27(14-76-47)38-22(9-32(64)39(61-38)48-60-28(15-78-48)40(67)51-4)44-58-30(16-74-44)42(69)62-37(20(3)63)43(70)54-23/h5-9,13-17,20,25,31,33,37,52-53,63-65H,10-12,18H2,1-4H3,(H,51,67)(H,54,70)(H,55,68)(H,62,69)/b23-5-. The maximum absolute atomic E-state index is 14.2. The van der Waals surface area contributed by atoms with Gasteiger partial charge in [0.05, 0.1) is 36.1 Å². The molecule has 2 aliphatic rings. The Labute approximate surface area is 471 Å². The number of ketones is 1. The Kier molecular flexibility index (Phi) is 16.0. The van der Waals surface area contributed by atoms with Crippen molar-refractivity contribution in [2.75, 3.05) is 19.3 Å². The number of esters is 1. The van der Waals surface area contributed by atoms with Gasteiger partial charge in [0.1, 0.15) is 83.3 Å². The molecule has 8 aromatic rings. The van der Waals surface area contributed by atoms with Gasteiger partial charge in [-0.05, 0) is 44.0 Å². The Morgan fingerprint density at radius 2 is 1.51 bits per heavy atom. The molecule has 0 saturated heterocycles. The van der Waals surface area contributed by atoms with Crippen LogP contribution in [-0.2, 0) is 20.9 Å². The highest BCUT2D eigenvalue weighted by atomic mass is 32.2. The first-order valence-corrected chi connectivity index (χ1v) is 29.3. The lowest BCUT2D eigenvalue weighted by molar-refractivity contribution is -0.155. The van der Waals surface area contributed by atoms with Crippen LogP contribution in [0.25, 0.3) is 49.3 Å². The second-order valence-corrected chi connectivity index (χ2v) is 23.1. The van der Waals surface area contributed by atoms with Crippen LogP contribution in [0.1, 0.15) is 111 Å². The first kappa shape index (κ1) is 54.9. The molecule has 0 fully saturated rings. The van der Waals surface area contributed by atoms with Crippen LogP contribution in [0.4, 0.5) is 0 Å². The van der Waals surface area contributed by atoms with Gasteiger partial charge in [-0.1, -0.05) is 30.0 Å². The van der Waals surface area contributed by atoms with Gasteiger partial charge in [0.15, 0.2) is 11.9 Å². The molecule has 23 nitrogen and oxygen atoms in total. The second-order valence-electron chi connectivity index (χ2n) is 17.8. The predicted molar refractivity (Wildman–Crippen MR) is 297 cm³/mol. The minimum atomic E-state index is -1.81. The number of aryl methyl sites for hydroxylation is 1. The molecule has 0 spiro atoms. The quantitative estimate of drug-likeness (QED) is 0.0978. The van der Waals surface area contributed by atoms with E-state index in [1.165, 1.54) is 59.0 Å². The van der Waals surface area contributed by atoms with Gasteiger partial charge >= 0.3 is 5.97 Å². The van der Waals surface area contributed by atoms with Crippen LogP contribution in [0, 0.1) is 6.92 Å². The number of amides is 4. The summed E-state index contributed by atoms with van der Waals surface area (Å²) in [6, 6.07) is 3.12. The van der Waals surface area contributed by atoms with Crippen LogP contribution in [0.5, 0.6) is 5.75 Å². The number of nitrogens with one attached hydrogen (secondary N) is 6. The molecule has 0 saturated carbocycles. The average molecular weight is 1180 g/mol. The number of thioether (sulfide) groups is 1. The van der Waals surface area contributed by atoms with Gasteiger partial charge in [0.2, 0.25) is 11.0 Å². The third-order valence-electron chi connectivity index (χ3n) is 12.5. The van der Waals surface area contributed by atoms with Crippen molar-refractivity contribution in [1.29, 1.82) is 0 Å². The van der Waals surface area contributed by atoms with Crippen LogP contribution in [-0.4, -0.2) is 128 Å². The molecule has 1 aromatic carbocycles. The van der Waals surface area contributed by atoms with E-state index >= 15 is 0 Å². The van der Waals surface area contributed by atoms with Gasteiger partial charge < -0.3 is 46.3 Å². The number of aromatic nitrogens is 7. The zero-order valence-electron chi connectivity index (χ0n) is 41.7. The summed E-state index contributed by atoms with van der Waals surface area (Å²) in [7, 11) is 1.46. The van der Waals surface area contributed by atoms with Crippen LogP contribution in [0.3, 0.4) is 0 Å². The number of aromatic amines is 1. The van der Waals surface area contributed by atoms with Gasteiger partial charge in [0.25, 0.3) is 17.7 Å². The SMILES string of the molecule is C/C=C1\NC(=O)C(C(C)O)NC(=O)c2csc(n2)-c2cc(O)c(-c3nc(C(=O)NC)cs3)nc2-c2csc(n2)C2CSC(=O)c3[nH]c4cccc(c4c3C)COC(=O)C(O)CC(NC(=O)c3csc1n3)c1nc(cs1)C(=O)CN2. The number of aromatic hydroxyl groups is 1. The summed E-state index contributed by atoms with van der Waals surface area (Å²) in [5, 5.41) is 56.5. The molecule has 0 aliphatic carbocycles. The molecule has 4 amide bonds. The van der Waals surface area contributed by atoms with Crippen molar-refractivity contribution in [1.82, 2.24) is 61.5 Å². The first-order valence-electron chi connectivity index (χ1n) is 23.9. The van der Waals surface area contributed by atoms with Crippen molar-refractivity contribution in [2.24, 2.45) is 0 Å². The zero-order chi connectivity index (χ0) is 55.8. The smallest absolute Gasteiger partial charge is 0.335 e. The fourth-order valence-electron chi connectivity index (χ4n) is 8.45. The normalized spacial score (nSPS) is 19.8. The number of hydrogen-bond donors (Lipinski definition) is 9. The van der Waals surface area contributed by atoms with Gasteiger partial charge in [0, 0.05) is 62.6 Å². The fraction of sp³-hybridized carbons (Fsp3) is 0.260. The number of rotatable bonds is 3. The number of Topliss-reactive ketones (excluding diaryl/α,β-unsaturated/α-hetero) is 1. The van der Waals surface area contributed by atoms with E-state index < -0.39 is 72.1 Å². The highest BCUT2D eigenvalue weighted by Gasteiger charge is 2.33. The number of nitrogens with zero attached hydrogens (tertiary/aromatic N) is 6. The Bertz CT molecular complexity index is 3780. The van der Waals surface area contributed by atoms with E-state index in [1.807, 2.05) is 0 Å². The van der Waals surface area contributed by atoms with Crippen LogP contribution in [0.15, 0.2) is 57.2 Å². The third-order valence-corrected chi connectivity index (χ3v) is 18.0. The van der Waals surface area contributed by atoms with E-state index in [2.05, 4.69) is 51.5 Å². The lowest BCUT2D eigenvalue weighted by Gasteiger charge is -2.21. The molecule has 0 radical (unpaired) electrons. The Morgan fingerprint density at radius 3 is 2.25 bits per heavy atom. The number of aliphatic hydroxyl groups is 2. The maximum Gasteiger partial charge on any atom is 0.335 e. The Balaban J connectivity index is 1.11. The monoisotopic (exact) mass is 1180 g/mol. The molecule has 406 valence electrons. The van der Waals surface area contributed by atoms with Crippen LogP contribution < -0.4 is 26.6 Å². The lowest BCUT2D eigenvalue weighted by atomic mass is 10.1. The van der Waals surface area contributed by atoms with E-state index in [0.717, 1.165) is 57.1 Å². The molecule has 10 rings (SSSR count). The number of carbonyl (C=O) groups is 7. The fourth-order valence-corrected chi connectivity index (χ4v) is 13.7. The molecule has 7 aromatic heterocycles. The Morgan fingerprint density at radius 1 is 0.823 bits per heavy atom. The molecule has 79 heavy (non-hydrogen) atoms. The van der Waals surface area contributed by atoms with Crippen molar-refractivity contribution in [3.63, 3.8) is 0 Å². The number of ether oxygens (including phenoxy) is 1. The van der Waals surface area contributed by atoms with Gasteiger partial charge in [-0.25, -0.2) is 34.7 Å². The van der Waals surface area contributed by atoms with E-state index in [0.29, 0.717) is 27.0 Å². The van der Waals surface area contributed by atoms with Crippen molar-refractivity contribution in [3.8, 4) is 38.4 Å². The highest BCUT2D eigenvalue weighted by Crippen LogP contribution is 2.41. The van der Waals surface area contributed by atoms with Gasteiger partial charge in [-0.15, -0.1) is 56.7 Å². The number of pyridine rings is 1. The summed E-state index contributed by atoms with van der Waals surface area (Å²) in [5.41, 5.74) is 2.57. The largest absolute Gasteiger partial charge is 0.506 e. The number of allylic oxidation sites excluding steroid dienone is 1. The summed E-state index contributed by atoms with van der Waals surface area (Å²) < 4.78 is 5.65. The molecule has 9 heterocycles.